The number of terminal acetylenes is 1. The van der Waals surface area contributed by atoms with Gasteiger partial charge in [0.25, 0.3) is 0 Å². The first-order chi connectivity index (χ1) is 8.35. The van der Waals surface area contributed by atoms with Gasteiger partial charge in [-0.3, -0.25) is 0 Å². The molecule has 2 aromatic rings. The van der Waals surface area contributed by atoms with E-state index in [1.165, 1.54) is 0 Å². The van der Waals surface area contributed by atoms with Crippen LogP contribution < -0.4 is 5.32 Å². The molecule has 1 N–H and O–H groups in total. The van der Waals surface area contributed by atoms with E-state index in [1.807, 2.05) is 24.3 Å². The summed E-state index contributed by atoms with van der Waals surface area (Å²) in [7, 11) is 0. The van der Waals surface area contributed by atoms with Gasteiger partial charge in [0.05, 0.1) is 23.4 Å². The molecule has 0 aliphatic heterocycles. The number of nitrogens with one attached hydrogen (secondary N) is 1. The van der Waals surface area contributed by atoms with E-state index in [1.54, 1.807) is 6.20 Å². The lowest BCUT2D eigenvalue weighted by Gasteiger charge is -2.14. The molecule has 3 heteroatoms. The summed E-state index contributed by atoms with van der Waals surface area (Å²) in [6.07, 6.45) is 9.23. The number of nitrogens with zero attached hydrogens (tertiary/aromatic N) is 2. The van der Waals surface area contributed by atoms with Crippen molar-refractivity contribution in [3.05, 3.63) is 30.5 Å². The summed E-state index contributed by atoms with van der Waals surface area (Å²) in [5.74, 6) is 2.76. The Morgan fingerprint density at radius 2 is 2.24 bits per heavy atom. The summed E-state index contributed by atoms with van der Waals surface area (Å²) >= 11 is 0. The Hall–Kier alpha value is -2.08. The van der Waals surface area contributed by atoms with E-state index in [4.69, 9.17) is 6.42 Å². The second kappa shape index (κ2) is 5.31. The van der Waals surface area contributed by atoms with E-state index in [0.717, 1.165) is 29.4 Å². The molecule has 86 valence electrons. The number of aromatic nitrogens is 2. The highest BCUT2D eigenvalue weighted by atomic mass is 15.1. The fourth-order valence-corrected chi connectivity index (χ4v) is 1.80. The monoisotopic (exact) mass is 225 g/mol. The molecule has 17 heavy (non-hydrogen) atoms. The molecule has 0 fully saturated rings. The molecule has 0 aliphatic rings. The molecule has 0 amide bonds. The highest BCUT2D eigenvalue weighted by Gasteiger charge is 2.07. The van der Waals surface area contributed by atoms with Crippen molar-refractivity contribution in [2.45, 2.75) is 25.8 Å². The third kappa shape index (κ3) is 2.54. The van der Waals surface area contributed by atoms with Gasteiger partial charge in [0.2, 0.25) is 0 Å². The minimum Gasteiger partial charge on any atom is -0.370 e. The normalized spacial score (nSPS) is 12.0. The van der Waals surface area contributed by atoms with E-state index in [0.29, 0.717) is 0 Å². The van der Waals surface area contributed by atoms with Crippen molar-refractivity contribution in [2.24, 2.45) is 0 Å². The van der Waals surface area contributed by atoms with Crippen molar-refractivity contribution < 1.29 is 0 Å². The summed E-state index contributed by atoms with van der Waals surface area (Å²) in [6.45, 7) is 2.12. The number of anilines is 1. The molecule has 0 saturated heterocycles. The second-order valence-corrected chi connectivity index (χ2v) is 3.93. The van der Waals surface area contributed by atoms with Gasteiger partial charge in [-0.25, -0.2) is 0 Å². The summed E-state index contributed by atoms with van der Waals surface area (Å²) in [5, 5.41) is 12.4. The van der Waals surface area contributed by atoms with Crippen molar-refractivity contribution >= 4 is 16.6 Å². The van der Waals surface area contributed by atoms with E-state index in [-0.39, 0.29) is 6.04 Å². The molecule has 0 saturated carbocycles. The van der Waals surface area contributed by atoms with Crippen LogP contribution >= 0.6 is 0 Å². The Morgan fingerprint density at radius 3 is 3.00 bits per heavy atom. The molecule has 0 aliphatic carbocycles. The molecule has 0 bridgehead atoms. The zero-order valence-corrected chi connectivity index (χ0v) is 9.85. The average molecular weight is 225 g/mol. The van der Waals surface area contributed by atoms with Gasteiger partial charge in [-0.2, -0.15) is 10.2 Å². The van der Waals surface area contributed by atoms with Crippen LogP contribution in [0, 0.1) is 12.3 Å². The quantitative estimate of drug-likeness (QED) is 0.813. The number of fused-ring (bicyclic) bond motifs is 1. The van der Waals surface area contributed by atoms with Crippen LogP contribution in [0.25, 0.3) is 10.9 Å². The van der Waals surface area contributed by atoms with Crippen LogP contribution in [0.1, 0.15) is 19.8 Å². The second-order valence-electron chi connectivity index (χ2n) is 3.93. The average Bonchev–Trinajstić information content (AvgIpc) is 2.38. The first-order valence-corrected chi connectivity index (χ1v) is 5.78. The van der Waals surface area contributed by atoms with Gasteiger partial charge < -0.3 is 5.32 Å². The van der Waals surface area contributed by atoms with Gasteiger partial charge >= 0.3 is 0 Å². The number of rotatable bonds is 4. The van der Waals surface area contributed by atoms with Crippen LogP contribution in [0.4, 0.5) is 5.69 Å². The Bertz CT molecular complexity index is 537. The first kappa shape index (κ1) is 11.4. The summed E-state index contributed by atoms with van der Waals surface area (Å²) < 4.78 is 0. The van der Waals surface area contributed by atoms with Gasteiger partial charge in [0, 0.05) is 5.39 Å². The number of benzene rings is 1. The van der Waals surface area contributed by atoms with Crippen LogP contribution in [-0.2, 0) is 0 Å². The maximum atomic E-state index is 5.50. The third-order valence-corrected chi connectivity index (χ3v) is 2.65. The summed E-state index contributed by atoms with van der Waals surface area (Å²) in [5.41, 5.74) is 1.83. The molecule has 2 rings (SSSR count). The van der Waals surface area contributed by atoms with Gasteiger partial charge in [0.15, 0.2) is 0 Å². The highest BCUT2D eigenvalue weighted by Crippen LogP contribution is 2.21. The van der Waals surface area contributed by atoms with E-state index < -0.39 is 0 Å². The molecular weight excluding hydrogens is 210 g/mol. The van der Waals surface area contributed by atoms with E-state index in [2.05, 4.69) is 28.4 Å². The Balaban J connectivity index is 2.33. The topological polar surface area (TPSA) is 37.8 Å². The van der Waals surface area contributed by atoms with Gasteiger partial charge in [0.1, 0.15) is 0 Å². The van der Waals surface area contributed by atoms with Crippen molar-refractivity contribution in [3.63, 3.8) is 0 Å². The lowest BCUT2D eigenvalue weighted by Crippen LogP contribution is -2.17. The maximum Gasteiger partial charge on any atom is 0.0950 e. The fraction of sp³-hybridized carbons (Fsp3) is 0.286. The molecule has 1 unspecified atom stereocenters. The van der Waals surface area contributed by atoms with E-state index in [9.17, 15) is 0 Å². The molecule has 1 aromatic heterocycles. The molecule has 1 heterocycles. The molecule has 0 radical (unpaired) electrons. The predicted octanol–water partition coefficient (Wildman–Crippen LogP) is 2.84. The van der Waals surface area contributed by atoms with Crippen molar-refractivity contribution in [1.29, 1.82) is 0 Å². The lowest BCUT2D eigenvalue weighted by atomic mass is 10.1. The number of hydrogen-bond donors (Lipinski definition) is 1. The van der Waals surface area contributed by atoms with Crippen LogP contribution in [0.15, 0.2) is 30.5 Å². The van der Waals surface area contributed by atoms with Gasteiger partial charge in [-0.15, -0.1) is 6.42 Å². The Morgan fingerprint density at radius 1 is 1.41 bits per heavy atom. The molecule has 1 atom stereocenters. The first-order valence-electron chi connectivity index (χ1n) is 5.78. The minimum atomic E-state index is 0.0487. The Labute approximate surface area is 101 Å². The zero-order chi connectivity index (χ0) is 12.1. The highest BCUT2D eigenvalue weighted by molar-refractivity contribution is 5.90. The summed E-state index contributed by atoms with van der Waals surface area (Å²) in [6, 6.07) is 7.95. The lowest BCUT2D eigenvalue weighted by molar-refractivity contribution is 0.756. The predicted molar refractivity (Wildman–Crippen MR) is 70.7 cm³/mol. The van der Waals surface area contributed by atoms with Crippen LogP contribution in [0.3, 0.4) is 0 Å². The standard InChI is InChI=1S/C14H15N3/c1-3-7-11(4-2)16-14-10-15-17-13-9-6-5-8-12(13)14/h2,5-6,8-11H,3,7H2,1H3,(H,16,17). The van der Waals surface area contributed by atoms with Crippen LogP contribution in [-0.4, -0.2) is 16.2 Å². The fourth-order valence-electron chi connectivity index (χ4n) is 1.80. The molecule has 0 spiro atoms. The van der Waals surface area contributed by atoms with Crippen LogP contribution in [0.2, 0.25) is 0 Å². The minimum absolute atomic E-state index is 0.0487. The van der Waals surface area contributed by atoms with Gasteiger partial charge in [-0.1, -0.05) is 37.5 Å². The SMILES string of the molecule is C#CC(CCC)Nc1cnnc2ccccc12. The van der Waals surface area contributed by atoms with Gasteiger partial charge in [-0.05, 0) is 12.5 Å². The van der Waals surface area contributed by atoms with E-state index >= 15 is 0 Å². The van der Waals surface area contributed by atoms with Crippen molar-refractivity contribution in [3.8, 4) is 12.3 Å². The molecular formula is C14H15N3. The maximum absolute atomic E-state index is 5.50. The smallest absolute Gasteiger partial charge is 0.0950 e. The third-order valence-electron chi connectivity index (χ3n) is 2.65. The number of hydrogen-bond acceptors (Lipinski definition) is 3. The largest absolute Gasteiger partial charge is 0.370 e. The van der Waals surface area contributed by atoms with Crippen LogP contribution in [0.5, 0.6) is 0 Å². The zero-order valence-electron chi connectivity index (χ0n) is 9.85. The summed E-state index contributed by atoms with van der Waals surface area (Å²) in [4.78, 5) is 0. The molecule has 1 aromatic carbocycles. The Kier molecular flexibility index (Phi) is 3.56. The van der Waals surface area contributed by atoms with Crippen molar-refractivity contribution in [2.75, 3.05) is 5.32 Å². The molecule has 3 nitrogen and oxygen atoms in total. The van der Waals surface area contributed by atoms with Crippen molar-refractivity contribution in [1.82, 2.24) is 10.2 Å².